The lowest BCUT2D eigenvalue weighted by atomic mass is 10.4. The molecule has 0 amide bonds. The van der Waals surface area contributed by atoms with Crippen LogP contribution in [0.15, 0.2) is 11.4 Å². The fraction of sp³-hybridized carbons (Fsp3) is 0.583. The van der Waals surface area contributed by atoms with Crippen molar-refractivity contribution in [1.29, 1.82) is 0 Å². The van der Waals surface area contributed by atoms with Crippen molar-refractivity contribution in [3.05, 3.63) is 16.3 Å². The van der Waals surface area contributed by atoms with Crippen LogP contribution < -0.4 is 4.74 Å². The zero-order chi connectivity index (χ0) is 12.1. The second kappa shape index (κ2) is 6.02. The summed E-state index contributed by atoms with van der Waals surface area (Å²) in [7, 11) is 0. The van der Waals surface area contributed by atoms with E-state index in [1.165, 1.54) is 37.3 Å². The van der Waals surface area contributed by atoms with Crippen molar-refractivity contribution in [1.82, 2.24) is 4.90 Å². The monoisotopic (exact) mass is 255 g/mol. The largest absolute Gasteiger partial charge is 0.492 e. The minimum Gasteiger partial charge on any atom is -0.492 e. The summed E-state index contributed by atoms with van der Waals surface area (Å²) >= 11 is 1.21. The Morgan fingerprint density at radius 2 is 2.24 bits per heavy atom. The number of nitrogens with zero attached hydrogens (tertiary/aromatic N) is 1. The summed E-state index contributed by atoms with van der Waals surface area (Å²) in [6.45, 7) is 4.03. The second-order valence-electron chi connectivity index (χ2n) is 4.17. The molecule has 2 heterocycles. The molecule has 0 aromatic carbocycles. The summed E-state index contributed by atoms with van der Waals surface area (Å²) in [6, 6.07) is 1.73. The molecule has 0 radical (unpaired) electrons. The average molecular weight is 255 g/mol. The highest BCUT2D eigenvalue weighted by Crippen LogP contribution is 2.24. The summed E-state index contributed by atoms with van der Waals surface area (Å²) < 4.78 is 5.50. The van der Waals surface area contributed by atoms with Gasteiger partial charge in [-0.2, -0.15) is 0 Å². The first-order valence-electron chi connectivity index (χ1n) is 5.93. The van der Waals surface area contributed by atoms with Gasteiger partial charge in [-0.3, -0.25) is 0 Å². The summed E-state index contributed by atoms with van der Waals surface area (Å²) in [6.07, 6.45) is 3.55. The Morgan fingerprint density at radius 1 is 1.47 bits per heavy atom. The number of rotatable bonds is 6. The van der Waals surface area contributed by atoms with Crippen molar-refractivity contribution in [2.24, 2.45) is 0 Å². The number of hydrogen-bond donors (Lipinski definition) is 1. The topological polar surface area (TPSA) is 49.8 Å². The van der Waals surface area contributed by atoms with Crippen LogP contribution in [0.3, 0.4) is 0 Å². The van der Waals surface area contributed by atoms with E-state index in [1.54, 1.807) is 11.4 Å². The smallest absolute Gasteiger partial charge is 0.349 e. The molecular formula is C12H17NO3S. The van der Waals surface area contributed by atoms with E-state index in [9.17, 15) is 4.79 Å². The van der Waals surface area contributed by atoms with E-state index in [0.717, 1.165) is 13.0 Å². The Bertz CT molecular complexity index is 372. The van der Waals surface area contributed by atoms with Crippen LogP contribution in [0.4, 0.5) is 0 Å². The molecule has 1 N–H and O–H groups in total. The molecule has 0 bridgehead atoms. The van der Waals surface area contributed by atoms with Gasteiger partial charge in [0.2, 0.25) is 0 Å². The Hall–Kier alpha value is -1.07. The van der Waals surface area contributed by atoms with E-state index < -0.39 is 5.97 Å². The van der Waals surface area contributed by atoms with Crippen LogP contribution in [-0.2, 0) is 0 Å². The first-order chi connectivity index (χ1) is 8.27. The predicted octanol–water partition coefficient (Wildman–Crippen LogP) is 2.31. The zero-order valence-electron chi connectivity index (χ0n) is 9.72. The third-order valence-electron chi connectivity index (χ3n) is 2.90. The van der Waals surface area contributed by atoms with E-state index in [-0.39, 0.29) is 0 Å². The first kappa shape index (κ1) is 12.4. The normalized spacial score (nSPS) is 16.2. The second-order valence-corrected chi connectivity index (χ2v) is 5.09. The van der Waals surface area contributed by atoms with Crippen LogP contribution in [0.2, 0.25) is 0 Å². The maximum Gasteiger partial charge on any atom is 0.349 e. The van der Waals surface area contributed by atoms with Crippen LogP contribution in [-0.4, -0.2) is 42.2 Å². The quantitative estimate of drug-likeness (QED) is 0.792. The summed E-state index contributed by atoms with van der Waals surface area (Å²) in [4.78, 5) is 13.6. The fourth-order valence-electron chi connectivity index (χ4n) is 2.04. The van der Waals surface area contributed by atoms with Crippen molar-refractivity contribution in [2.45, 2.75) is 19.3 Å². The maximum atomic E-state index is 10.8. The number of likely N-dealkylation sites (tertiary alicyclic amines) is 1. The predicted molar refractivity (Wildman–Crippen MR) is 67.1 cm³/mol. The molecule has 0 saturated carbocycles. The molecule has 2 rings (SSSR count). The van der Waals surface area contributed by atoms with Crippen LogP contribution in [0, 0.1) is 0 Å². The number of ether oxygens (including phenoxy) is 1. The standard InChI is InChI=1S/C12H17NO3S/c14-12(15)11-10(4-9-17-11)16-8-3-7-13-5-1-2-6-13/h4,9H,1-3,5-8H2,(H,14,15). The minimum atomic E-state index is -0.908. The number of aromatic carboxylic acids is 1. The van der Waals surface area contributed by atoms with Crippen LogP contribution >= 0.6 is 11.3 Å². The highest BCUT2D eigenvalue weighted by atomic mass is 32.1. The zero-order valence-corrected chi connectivity index (χ0v) is 10.5. The van der Waals surface area contributed by atoms with Gasteiger partial charge in [-0.15, -0.1) is 11.3 Å². The van der Waals surface area contributed by atoms with Gasteiger partial charge >= 0.3 is 5.97 Å². The Labute approximate surface area is 105 Å². The molecule has 0 atom stereocenters. The van der Waals surface area contributed by atoms with Gasteiger partial charge in [0.15, 0.2) is 4.88 Å². The van der Waals surface area contributed by atoms with Crippen LogP contribution in [0.25, 0.3) is 0 Å². The Morgan fingerprint density at radius 3 is 2.94 bits per heavy atom. The highest BCUT2D eigenvalue weighted by molar-refractivity contribution is 7.12. The van der Waals surface area contributed by atoms with Crippen LogP contribution in [0.1, 0.15) is 28.9 Å². The van der Waals surface area contributed by atoms with Crippen molar-refractivity contribution < 1.29 is 14.6 Å². The Kier molecular flexibility index (Phi) is 4.39. The van der Waals surface area contributed by atoms with E-state index in [2.05, 4.69) is 4.90 Å². The van der Waals surface area contributed by atoms with Gasteiger partial charge < -0.3 is 14.7 Å². The molecule has 4 nitrogen and oxygen atoms in total. The molecule has 1 fully saturated rings. The van der Waals surface area contributed by atoms with Crippen molar-refractivity contribution in [3.8, 4) is 5.75 Å². The van der Waals surface area contributed by atoms with Crippen molar-refractivity contribution >= 4 is 17.3 Å². The molecule has 1 saturated heterocycles. The molecule has 1 aromatic heterocycles. The molecule has 1 aromatic rings. The Balaban J connectivity index is 1.70. The first-order valence-corrected chi connectivity index (χ1v) is 6.81. The van der Waals surface area contributed by atoms with Gasteiger partial charge in [-0.25, -0.2) is 4.79 Å². The molecule has 1 aliphatic heterocycles. The van der Waals surface area contributed by atoms with Gasteiger partial charge in [-0.05, 0) is 43.8 Å². The third-order valence-corrected chi connectivity index (χ3v) is 3.78. The number of thiophene rings is 1. The summed E-state index contributed by atoms with van der Waals surface area (Å²) in [5.74, 6) is -0.404. The number of carboxylic acids is 1. The van der Waals surface area contributed by atoms with E-state index in [0.29, 0.717) is 17.2 Å². The van der Waals surface area contributed by atoms with E-state index in [4.69, 9.17) is 9.84 Å². The lowest BCUT2D eigenvalue weighted by Gasteiger charge is -2.14. The third kappa shape index (κ3) is 3.44. The summed E-state index contributed by atoms with van der Waals surface area (Å²) in [5, 5.41) is 10.7. The van der Waals surface area contributed by atoms with Gasteiger partial charge in [0.1, 0.15) is 5.75 Å². The molecular weight excluding hydrogens is 238 g/mol. The molecule has 94 valence electrons. The van der Waals surface area contributed by atoms with E-state index >= 15 is 0 Å². The molecule has 5 heteroatoms. The molecule has 1 aliphatic rings. The van der Waals surface area contributed by atoms with Crippen LogP contribution in [0.5, 0.6) is 5.75 Å². The molecule has 0 unspecified atom stereocenters. The molecule has 0 aliphatic carbocycles. The lowest BCUT2D eigenvalue weighted by Crippen LogP contribution is -2.22. The van der Waals surface area contributed by atoms with Gasteiger partial charge in [0.05, 0.1) is 6.61 Å². The van der Waals surface area contributed by atoms with Gasteiger partial charge in [-0.1, -0.05) is 0 Å². The lowest BCUT2D eigenvalue weighted by molar-refractivity contribution is 0.0698. The number of hydrogen-bond acceptors (Lipinski definition) is 4. The highest BCUT2D eigenvalue weighted by Gasteiger charge is 2.13. The van der Waals surface area contributed by atoms with Gasteiger partial charge in [0.25, 0.3) is 0 Å². The SMILES string of the molecule is O=C(O)c1sccc1OCCCN1CCCC1. The summed E-state index contributed by atoms with van der Waals surface area (Å²) in [5.41, 5.74) is 0. The van der Waals surface area contributed by atoms with Crippen molar-refractivity contribution in [2.75, 3.05) is 26.2 Å². The number of carbonyl (C=O) groups is 1. The molecule has 17 heavy (non-hydrogen) atoms. The fourth-order valence-corrected chi connectivity index (χ4v) is 2.72. The number of carboxylic acid groups (broad SMARTS) is 1. The minimum absolute atomic E-state index is 0.297. The maximum absolute atomic E-state index is 10.8. The average Bonchev–Trinajstić information content (AvgIpc) is 2.95. The van der Waals surface area contributed by atoms with Gasteiger partial charge in [0, 0.05) is 6.54 Å². The molecule has 0 spiro atoms. The van der Waals surface area contributed by atoms with E-state index in [1.807, 2.05) is 0 Å². The van der Waals surface area contributed by atoms with Crippen molar-refractivity contribution in [3.63, 3.8) is 0 Å².